The summed E-state index contributed by atoms with van der Waals surface area (Å²) in [6, 6.07) is 6.53. The first-order chi connectivity index (χ1) is 10.7. The van der Waals surface area contributed by atoms with Gasteiger partial charge in [-0.2, -0.15) is 13.2 Å². The summed E-state index contributed by atoms with van der Waals surface area (Å²) >= 11 is 0. The van der Waals surface area contributed by atoms with E-state index >= 15 is 0 Å². The van der Waals surface area contributed by atoms with Crippen molar-refractivity contribution < 1.29 is 27.8 Å². The van der Waals surface area contributed by atoms with Crippen LogP contribution in [0.1, 0.15) is 18.4 Å². The number of piperidine rings is 1. The third-order valence-corrected chi connectivity index (χ3v) is 3.89. The molecule has 1 fully saturated rings. The van der Waals surface area contributed by atoms with Crippen LogP contribution < -0.4 is 5.32 Å². The lowest BCUT2D eigenvalue weighted by atomic mass is 9.91. The number of likely N-dealkylation sites (tertiary alicyclic amines) is 1. The number of nitrogens with zero attached hydrogens (tertiary/aromatic N) is 1. The molecule has 0 atom stereocenters. The highest BCUT2D eigenvalue weighted by Crippen LogP contribution is 2.38. The molecule has 1 heterocycles. The van der Waals surface area contributed by atoms with Gasteiger partial charge in [-0.15, -0.1) is 0 Å². The molecule has 2 rings (SSSR count). The highest BCUT2D eigenvalue weighted by atomic mass is 19.4. The number of hydrogen-bond acceptors (Lipinski definition) is 3. The van der Waals surface area contributed by atoms with Crippen molar-refractivity contribution in [2.75, 3.05) is 25.5 Å². The molecule has 1 aromatic carbocycles. The van der Waals surface area contributed by atoms with Gasteiger partial charge in [0.2, 0.25) is 0 Å². The smallest absolute Gasteiger partial charge is 0.380 e. The second-order valence-corrected chi connectivity index (χ2v) is 5.58. The van der Waals surface area contributed by atoms with Crippen LogP contribution >= 0.6 is 0 Å². The fourth-order valence-electron chi connectivity index (χ4n) is 2.47. The van der Waals surface area contributed by atoms with Crippen LogP contribution in [-0.2, 0) is 11.3 Å². The molecule has 0 bridgehead atoms. The topological polar surface area (TPSA) is 61.8 Å². The number of carbonyl (C=O) groups excluding carboxylic acids is 1. The van der Waals surface area contributed by atoms with E-state index in [0.29, 0.717) is 12.3 Å². The number of ether oxygens (including phenoxy) is 1. The summed E-state index contributed by atoms with van der Waals surface area (Å²) in [6.07, 6.45) is -5.72. The number of nitrogens with one attached hydrogen (secondary N) is 1. The van der Waals surface area contributed by atoms with Crippen LogP contribution in [0.4, 0.5) is 23.7 Å². The van der Waals surface area contributed by atoms with Crippen LogP contribution in [0, 0.1) is 0 Å². The van der Waals surface area contributed by atoms with Crippen LogP contribution in [0.2, 0.25) is 0 Å². The van der Waals surface area contributed by atoms with Crippen molar-refractivity contribution in [3.05, 3.63) is 29.8 Å². The molecule has 1 aliphatic heterocycles. The Bertz CT molecular complexity index is 555. The monoisotopic (exact) mass is 332 g/mol. The Balaban J connectivity index is 1.94. The standard InChI is InChI=1S/C15H19F3N2O3/c1-23-10-11-3-2-4-12(9-11)19-13(21)20-7-5-14(22,6-8-20)15(16,17)18/h2-4,9,22H,5-8,10H2,1H3,(H,19,21). The van der Waals surface area contributed by atoms with E-state index in [2.05, 4.69) is 5.32 Å². The van der Waals surface area contributed by atoms with Gasteiger partial charge in [0.05, 0.1) is 6.61 Å². The van der Waals surface area contributed by atoms with Crippen molar-refractivity contribution in [3.63, 3.8) is 0 Å². The maximum absolute atomic E-state index is 12.7. The zero-order chi connectivity index (χ0) is 17.1. The molecule has 2 amide bonds. The van der Waals surface area contributed by atoms with Crippen molar-refractivity contribution in [3.8, 4) is 0 Å². The van der Waals surface area contributed by atoms with Gasteiger partial charge in [-0.05, 0) is 17.7 Å². The minimum Gasteiger partial charge on any atom is -0.380 e. The Morgan fingerprint density at radius 3 is 2.61 bits per heavy atom. The van der Waals surface area contributed by atoms with Gasteiger partial charge in [-0.25, -0.2) is 4.79 Å². The summed E-state index contributed by atoms with van der Waals surface area (Å²) in [6.45, 7) is 0.0885. The zero-order valence-corrected chi connectivity index (χ0v) is 12.7. The number of aliphatic hydroxyl groups is 1. The number of hydrogen-bond donors (Lipinski definition) is 2. The molecule has 0 aromatic heterocycles. The lowest BCUT2D eigenvalue weighted by Crippen LogP contribution is -2.55. The van der Waals surface area contributed by atoms with E-state index in [1.165, 1.54) is 4.90 Å². The molecule has 0 radical (unpaired) electrons. The fourth-order valence-corrected chi connectivity index (χ4v) is 2.47. The van der Waals surface area contributed by atoms with Gasteiger partial charge in [-0.1, -0.05) is 12.1 Å². The predicted molar refractivity (Wildman–Crippen MR) is 78.0 cm³/mol. The molecule has 0 aliphatic carbocycles. The average Bonchev–Trinajstić information content (AvgIpc) is 2.47. The van der Waals surface area contributed by atoms with Gasteiger partial charge in [0.1, 0.15) is 0 Å². The molecule has 0 unspecified atom stereocenters. The van der Waals surface area contributed by atoms with Crippen molar-refractivity contribution in [2.45, 2.75) is 31.2 Å². The summed E-state index contributed by atoms with van der Waals surface area (Å²) in [5.41, 5.74) is -1.29. The molecule has 1 aliphatic rings. The Morgan fingerprint density at radius 1 is 1.39 bits per heavy atom. The minimum atomic E-state index is -4.68. The molecule has 1 saturated heterocycles. The van der Waals surface area contributed by atoms with Crippen LogP contribution in [-0.4, -0.2) is 48.0 Å². The Morgan fingerprint density at radius 2 is 2.04 bits per heavy atom. The molecule has 2 N–H and O–H groups in total. The number of carbonyl (C=O) groups is 1. The summed E-state index contributed by atoms with van der Waals surface area (Å²) in [7, 11) is 1.56. The molecular formula is C15H19F3N2O3. The van der Waals surface area contributed by atoms with Crippen LogP contribution in [0.3, 0.4) is 0 Å². The van der Waals surface area contributed by atoms with E-state index in [0.717, 1.165) is 5.56 Å². The van der Waals surface area contributed by atoms with E-state index in [4.69, 9.17) is 4.74 Å². The van der Waals surface area contributed by atoms with Gasteiger partial charge in [0.15, 0.2) is 5.60 Å². The second kappa shape index (κ2) is 6.76. The molecule has 23 heavy (non-hydrogen) atoms. The number of benzene rings is 1. The number of urea groups is 1. The minimum absolute atomic E-state index is 0.153. The van der Waals surface area contributed by atoms with Gasteiger partial charge in [0, 0.05) is 38.7 Å². The van der Waals surface area contributed by atoms with Crippen LogP contribution in [0.5, 0.6) is 0 Å². The summed E-state index contributed by atoms with van der Waals surface area (Å²) < 4.78 is 43.2. The number of amides is 2. The largest absolute Gasteiger partial charge is 0.417 e. The van der Waals surface area contributed by atoms with Crippen molar-refractivity contribution >= 4 is 11.7 Å². The van der Waals surface area contributed by atoms with Crippen molar-refractivity contribution in [1.82, 2.24) is 4.90 Å². The number of alkyl halides is 3. The van der Waals surface area contributed by atoms with Gasteiger partial charge in [0.25, 0.3) is 0 Å². The van der Waals surface area contributed by atoms with E-state index in [1.54, 1.807) is 25.3 Å². The molecule has 0 spiro atoms. The molecule has 5 nitrogen and oxygen atoms in total. The number of methoxy groups -OCH3 is 1. The third kappa shape index (κ3) is 4.14. The fraction of sp³-hybridized carbons (Fsp3) is 0.533. The van der Waals surface area contributed by atoms with Crippen LogP contribution in [0.25, 0.3) is 0 Å². The second-order valence-electron chi connectivity index (χ2n) is 5.58. The molecule has 1 aromatic rings. The van der Waals surface area contributed by atoms with E-state index < -0.39 is 30.7 Å². The average molecular weight is 332 g/mol. The SMILES string of the molecule is COCc1cccc(NC(=O)N2CCC(O)(C(F)(F)F)CC2)c1. The first kappa shape index (κ1) is 17.6. The Kier molecular flexibility index (Phi) is 5.16. The third-order valence-electron chi connectivity index (χ3n) is 3.89. The lowest BCUT2D eigenvalue weighted by molar-refractivity contribution is -0.271. The van der Waals surface area contributed by atoms with E-state index in [1.807, 2.05) is 6.07 Å². The first-order valence-electron chi connectivity index (χ1n) is 7.18. The predicted octanol–water partition coefficient (Wildman–Crippen LogP) is 2.75. The van der Waals surface area contributed by atoms with Crippen LogP contribution in [0.15, 0.2) is 24.3 Å². The number of rotatable bonds is 3. The first-order valence-corrected chi connectivity index (χ1v) is 7.18. The van der Waals surface area contributed by atoms with Crippen molar-refractivity contribution in [2.24, 2.45) is 0 Å². The van der Waals surface area contributed by atoms with Gasteiger partial charge in [-0.3, -0.25) is 0 Å². The zero-order valence-electron chi connectivity index (χ0n) is 12.7. The number of anilines is 1. The lowest BCUT2D eigenvalue weighted by Gasteiger charge is -2.39. The van der Waals surface area contributed by atoms with Crippen molar-refractivity contribution in [1.29, 1.82) is 0 Å². The highest BCUT2D eigenvalue weighted by Gasteiger charge is 2.54. The molecule has 0 saturated carbocycles. The van der Waals surface area contributed by atoms with Gasteiger partial charge >= 0.3 is 12.2 Å². The van der Waals surface area contributed by atoms with E-state index in [9.17, 15) is 23.1 Å². The highest BCUT2D eigenvalue weighted by molar-refractivity contribution is 5.89. The van der Waals surface area contributed by atoms with E-state index in [-0.39, 0.29) is 13.1 Å². The summed E-state index contributed by atoms with van der Waals surface area (Å²) in [4.78, 5) is 13.4. The molecule has 8 heteroatoms. The molecular weight excluding hydrogens is 313 g/mol. The Hall–Kier alpha value is -1.80. The normalized spacial score (nSPS) is 17.9. The maximum atomic E-state index is 12.7. The summed E-state index contributed by atoms with van der Waals surface area (Å²) in [5.74, 6) is 0. The van der Waals surface area contributed by atoms with Gasteiger partial charge < -0.3 is 20.1 Å². The quantitative estimate of drug-likeness (QED) is 0.895. The Labute approximate surface area is 132 Å². The molecule has 128 valence electrons. The summed E-state index contributed by atoms with van der Waals surface area (Å²) in [5, 5.41) is 12.2. The number of halogens is 3. The maximum Gasteiger partial charge on any atom is 0.417 e.